The lowest BCUT2D eigenvalue weighted by atomic mass is 9.99. The Morgan fingerprint density at radius 3 is 2.67 bits per heavy atom. The number of carbonyl (C=O) groups is 1. The number of aromatic nitrogens is 2. The molecule has 0 saturated heterocycles. The van der Waals surface area contributed by atoms with Crippen LogP contribution in [0, 0.1) is 0 Å². The van der Waals surface area contributed by atoms with E-state index in [-0.39, 0.29) is 17.4 Å². The van der Waals surface area contributed by atoms with Crippen molar-refractivity contribution in [3.8, 4) is 0 Å². The Balaban J connectivity index is 3.17. The van der Waals surface area contributed by atoms with Crippen molar-refractivity contribution in [2.75, 3.05) is 5.32 Å². The van der Waals surface area contributed by atoms with Crippen molar-refractivity contribution in [2.24, 2.45) is 0 Å². The highest BCUT2D eigenvalue weighted by molar-refractivity contribution is 5.81. The van der Waals surface area contributed by atoms with Crippen LogP contribution >= 0.6 is 0 Å². The Kier molecular flexibility index (Phi) is 4.11. The molecule has 0 aliphatic heterocycles. The van der Waals surface area contributed by atoms with Crippen LogP contribution in [-0.2, 0) is 4.79 Å². The molecule has 6 heteroatoms. The van der Waals surface area contributed by atoms with Crippen molar-refractivity contribution in [3.05, 3.63) is 22.7 Å². The summed E-state index contributed by atoms with van der Waals surface area (Å²) < 4.78 is 1.51. The molecule has 0 saturated carbocycles. The molecule has 2 N–H and O–H groups in total. The summed E-state index contributed by atoms with van der Waals surface area (Å²) in [5, 5.41) is 11.9. The minimum Gasteiger partial charge on any atom is -0.480 e. The molecule has 1 aromatic rings. The van der Waals surface area contributed by atoms with Gasteiger partial charge in [-0.2, -0.15) is 0 Å². The van der Waals surface area contributed by atoms with E-state index in [1.165, 1.54) is 17.7 Å². The largest absolute Gasteiger partial charge is 0.480 e. The van der Waals surface area contributed by atoms with E-state index in [2.05, 4.69) is 10.3 Å². The second kappa shape index (κ2) is 5.20. The zero-order valence-corrected chi connectivity index (χ0v) is 11.1. The lowest BCUT2D eigenvalue weighted by molar-refractivity contribution is -0.141. The third kappa shape index (κ3) is 2.69. The lowest BCUT2D eigenvalue weighted by Crippen LogP contribution is -2.45. The van der Waals surface area contributed by atoms with Gasteiger partial charge >= 0.3 is 5.97 Å². The van der Waals surface area contributed by atoms with E-state index in [1.54, 1.807) is 13.1 Å². The van der Waals surface area contributed by atoms with Crippen LogP contribution in [0.15, 0.2) is 17.2 Å². The Morgan fingerprint density at radius 1 is 1.61 bits per heavy atom. The molecule has 0 aliphatic carbocycles. The zero-order valence-electron chi connectivity index (χ0n) is 11.1. The minimum absolute atomic E-state index is 0.00115. The first-order chi connectivity index (χ1) is 8.31. The van der Waals surface area contributed by atoms with Crippen LogP contribution in [0.5, 0.6) is 0 Å². The first-order valence-electron chi connectivity index (χ1n) is 5.90. The molecule has 1 atom stereocenters. The van der Waals surface area contributed by atoms with Crippen molar-refractivity contribution in [1.29, 1.82) is 0 Å². The van der Waals surface area contributed by atoms with Gasteiger partial charge in [-0.25, -0.2) is 9.78 Å². The van der Waals surface area contributed by atoms with Crippen molar-refractivity contribution in [3.63, 3.8) is 0 Å². The Morgan fingerprint density at radius 2 is 2.22 bits per heavy atom. The smallest absolute Gasteiger partial charge is 0.329 e. The maximum Gasteiger partial charge on any atom is 0.329 e. The van der Waals surface area contributed by atoms with Gasteiger partial charge in [-0.3, -0.25) is 4.79 Å². The molecule has 0 radical (unpaired) electrons. The van der Waals surface area contributed by atoms with E-state index in [4.69, 9.17) is 5.11 Å². The number of nitrogens with one attached hydrogen (secondary N) is 1. The molecule has 0 spiro atoms. The quantitative estimate of drug-likeness (QED) is 0.830. The molecule has 1 rings (SSSR count). The SMILES string of the molecule is CCC(C)(Nc1nccn(C(C)C)c1=O)C(=O)O. The van der Waals surface area contributed by atoms with Gasteiger partial charge in [-0.15, -0.1) is 0 Å². The van der Waals surface area contributed by atoms with Gasteiger partial charge in [-0.1, -0.05) is 6.92 Å². The van der Waals surface area contributed by atoms with Gasteiger partial charge in [0, 0.05) is 18.4 Å². The third-order valence-corrected chi connectivity index (χ3v) is 3.00. The van der Waals surface area contributed by atoms with Crippen LogP contribution in [0.2, 0.25) is 0 Å². The van der Waals surface area contributed by atoms with Gasteiger partial charge in [0.2, 0.25) is 0 Å². The molecule has 1 heterocycles. The first-order valence-corrected chi connectivity index (χ1v) is 5.90. The zero-order chi connectivity index (χ0) is 13.9. The highest BCUT2D eigenvalue weighted by atomic mass is 16.4. The topological polar surface area (TPSA) is 84.2 Å². The summed E-state index contributed by atoms with van der Waals surface area (Å²) in [6.07, 6.45) is 3.42. The summed E-state index contributed by atoms with van der Waals surface area (Å²) in [6.45, 7) is 7.02. The van der Waals surface area contributed by atoms with Crippen molar-refractivity contribution in [1.82, 2.24) is 9.55 Å². The third-order valence-electron chi connectivity index (χ3n) is 3.00. The Hall–Kier alpha value is -1.85. The van der Waals surface area contributed by atoms with Crippen molar-refractivity contribution >= 4 is 11.8 Å². The van der Waals surface area contributed by atoms with E-state index >= 15 is 0 Å². The van der Waals surface area contributed by atoms with Crippen LogP contribution in [0.4, 0.5) is 5.82 Å². The Labute approximate surface area is 106 Å². The average Bonchev–Trinajstić information content (AvgIpc) is 2.31. The number of hydrogen-bond donors (Lipinski definition) is 2. The van der Waals surface area contributed by atoms with Crippen LogP contribution < -0.4 is 10.9 Å². The number of anilines is 1. The molecule has 0 fully saturated rings. The van der Waals surface area contributed by atoms with E-state index in [0.717, 1.165) is 0 Å². The summed E-state index contributed by atoms with van der Waals surface area (Å²) in [5.74, 6) is -0.941. The molecule has 6 nitrogen and oxygen atoms in total. The molecular weight excluding hydrogens is 234 g/mol. The number of carboxylic acids is 1. The van der Waals surface area contributed by atoms with E-state index in [1.807, 2.05) is 13.8 Å². The fourth-order valence-electron chi connectivity index (χ4n) is 1.47. The molecule has 0 aliphatic rings. The summed E-state index contributed by atoms with van der Waals surface area (Å²) in [6, 6.07) is -0.00115. The predicted molar refractivity (Wildman–Crippen MR) is 68.8 cm³/mol. The second-order valence-electron chi connectivity index (χ2n) is 4.70. The number of hydrogen-bond acceptors (Lipinski definition) is 4. The van der Waals surface area contributed by atoms with Crippen LogP contribution in [-0.4, -0.2) is 26.2 Å². The number of aliphatic carboxylic acids is 1. The van der Waals surface area contributed by atoms with E-state index in [0.29, 0.717) is 6.42 Å². The molecular formula is C12H19N3O3. The molecule has 1 aromatic heterocycles. The van der Waals surface area contributed by atoms with E-state index < -0.39 is 11.5 Å². The normalized spacial score (nSPS) is 14.3. The fraction of sp³-hybridized carbons (Fsp3) is 0.583. The molecule has 18 heavy (non-hydrogen) atoms. The second-order valence-corrected chi connectivity index (χ2v) is 4.70. The minimum atomic E-state index is -1.19. The summed E-state index contributed by atoms with van der Waals surface area (Å²) >= 11 is 0. The number of nitrogens with zero attached hydrogens (tertiary/aromatic N) is 2. The van der Waals surface area contributed by atoms with Crippen molar-refractivity contribution in [2.45, 2.75) is 45.7 Å². The maximum atomic E-state index is 12.1. The highest BCUT2D eigenvalue weighted by Gasteiger charge is 2.32. The molecule has 0 bridgehead atoms. The highest BCUT2D eigenvalue weighted by Crippen LogP contribution is 2.15. The standard InChI is InChI=1S/C12H19N3O3/c1-5-12(4,11(17)18)14-9-10(16)15(8(2)3)7-6-13-9/h6-8H,5H2,1-4H3,(H,13,14)(H,17,18). The van der Waals surface area contributed by atoms with Gasteiger partial charge in [0.15, 0.2) is 5.82 Å². The first kappa shape index (κ1) is 14.2. The van der Waals surface area contributed by atoms with E-state index in [9.17, 15) is 9.59 Å². The molecule has 0 aromatic carbocycles. The van der Waals surface area contributed by atoms with Crippen LogP contribution in [0.25, 0.3) is 0 Å². The fourth-order valence-corrected chi connectivity index (χ4v) is 1.47. The van der Waals surface area contributed by atoms with Crippen LogP contribution in [0.3, 0.4) is 0 Å². The summed E-state index contributed by atoms with van der Waals surface area (Å²) in [5.41, 5.74) is -1.50. The summed E-state index contributed by atoms with van der Waals surface area (Å²) in [4.78, 5) is 27.2. The number of rotatable bonds is 5. The monoisotopic (exact) mass is 253 g/mol. The number of carboxylic acid groups (broad SMARTS) is 1. The summed E-state index contributed by atoms with van der Waals surface area (Å²) in [7, 11) is 0. The average molecular weight is 253 g/mol. The molecule has 0 amide bonds. The lowest BCUT2D eigenvalue weighted by Gasteiger charge is -2.25. The van der Waals surface area contributed by atoms with Gasteiger partial charge in [-0.05, 0) is 27.2 Å². The molecule has 1 unspecified atom stereocenters. The van der Waals surface area contributed by atoms with Gasteiger partial charge in [0.1, 0.15) is 5.54 Å². The van der Waals surface area contributed by atoms with Gasteiger partial charge in [0.05, 0.1) is 0 Å². The predicted octanol–water partition coefficient (Wildman–Crippen LogP) is 1.49. The van der Waals surface area contributed by atoms with Crippen LogP contribution in [0.1, 0.15) is 40.2 Å². The molecule has 100 valence electrons. The van der Waals surface area contributed by atoms with Gasteiger partial charge < -0.3 is 15.0 Å². The van der Waals surface area contributed by atoms with Crippen molar-refractivity contribution < 1.29 is 9.90 Å². The van der Waals surface area contributed by atoms with Gasteiger partial charge in [0.25, 0.3) is 5.56 Å². The maximum absolute atomic E-state index is 12.1. The Bertz CT molecular complexity index is 496.